The predicted octanol–water partition coefficient (Wildman–Crippen LogP) is 1.78. The van der Waals surface area contributed by atoms with Crippen LogP contribution < -0.4 is 5.73 Å². The Morgan fingerprint density at radius 2 is 2.17 bits per heavy atom. The minimum absolute atomic E-state index is 0.0503. The van der Waals surface area contributed by atoms with E-state index in [0.717, 1.165) is 19.4 Å². The first kappa shape index (κ1) is 15.4. The lowest BCUT2D eigenvalue weighted by Gasteiger charge is -2.54. The molecule has 0 spiro atoms. The molecule has 1 fully saturated rings. The molecule has 0 aromatic carbocycles. The molecule has 4 heteroatoms. The van der Waals surface area contributed by atoms with E-state index in [1.165, 1.54) is 0 Å². The number of hydrogen-bond acceptors (Lipinski definition) is 3. The van der Waals surface area contributed by atoms with Crippen molar-refractivity contribution >= 4 is 5.91 Å². The van der Waals surface area contributed by atoms with Crippen LogP contribution in [0, 0.1) is 5.41 Å². The van der Waals surface area contributed by atoms with E-state index in [1.54, 1.807) is 0 Å². The zero-order valence-corrected chi connectivity index (χ0v) is 12.4. The molecule has 4 nitrogen and oxygen atoms in total. The first-order chi connectivity index (χ1) is 8.30. The summed E-state index contributed by atoms with van der Waals surface area (Å²) < 4.78 is 5.69. The maximum absolute atomic E-state index is 12.1. The van der Waals surface area contributed by atoms with E-state index in [-0.39, 0.29) is 29.5 Å². The van der Waals surface area contributed by atoms with Crippen LogP contribution in [-0.4, -0.2) is 42.6 Å². The highest BCUT2D eigenvalue weighted by atomic mass is 16.5. The second kappa shape index (κ2) is 6.02. The molecule has 0 aliphatic heterocycles. The molecule has 1 amide bonds. The van der Waals surface area contributed by atoms with Gasteiger partial charge in [0.15, 0.2) is 0 Å². The number of carbonyl (C=O) groups excluding carboxylic acids is 1. The van der Waals surface area contributed by atoms with Crippen LogP contribution >= 0.6 is 0 Å². The van der Waals surface area contributed by atoms with E-state index in [0.29, 0.717) is 6.42 Å². The van der Waals surface area contributed by atoms with E-state index >= 15 is 0 Å². The highest BCUT2D eigenvalue weighted by Gasteiger charge is 2.51. The van der Waals surface area contributed by atoms with Gasteiger partial charge in [0, 0.05) is 37.6 Å². The third kappa shape index (κ3) is 3.23. The van der Waals surface area contributed by atoms with Crippen molar-refractivity contribution in [3.63, 3.8) is 0 Å². The van der Waals surface area contributed by atoms with Crippen LogP contribution in [0.2, 0.25) is 0 Å². The molecule has 0 aromatic heterocycles. The summed E-state index contributed by atoms with van der Waals surface area (Å²) in [6, 6.07) is 0.377. The fourth-order valence-corrected chi connectivity index (χ4v) is 2.71. The van der Waals surface area contributed by atoms with Crippen molar-refractivity contribution in [1.29, 1.82) is 0 Å². The molecule has 2 N–H and O–H groups in total. The van der Waals surface area contributed by atoms with Gasteiger partial charge in [-0.3, -0.25) is 4.79 Å². The lowest BCUT2D eigenvalue weighted by Crippen LogP contribution is -2.62. The predicted molar refractivity (Wildman–Crippen MR) is 73.3 cm³/mol. The summed E-state index contributed by atoms with van der Waals surface area (Å²) in [6.45, 7) is 9.05. The molecule has 0 aromatic rings. The zero-order chi connectivity index (χ0) is 13.9. The maximum atomic E-state index is 12.1. The molecule has 1 saturated carbocycles. The Labute approximate surface area is 111 Å². The van der Waals surface area contributed by atoms with Crippen molar-refractivity contribution in [2.24, 2.45) is 11.1 Å². The molecule has 3 unspecified atom stereocenters. The normalized spacial score (nSPS) is 27.4. The summed E-state index contributed by atoms with van der Waals surface area (Å²) in [5.74, 6) is 0.195. The lowest BCUT2D eigenvalue weighted by atomic mass is 9.63. The molecule has 0 bridgehead atoms. The fraction of sp³-hybridized carbons (Fsp3) is 0.929. The van der Waals surface area contributed by atoms with Gasteiger partial charge < -0.3 is 15.4 Å². The van der Waals surface area contributed by atoms with Crippen LogP contribution in [0.1, 0.15) is 47.0 Å². The van der Waals surface area contributed by atoms with Crippen molar-refractivity contribution in [1.82, 2.24) is 4.90 Å². The van der Waals surface area contributed by atoms with Gasteiger partial charge in [-0.1, -0.05) is 13.8 Å². The topological polar surface area (TPSA) is 55.6 Å². The highest BCUT2D eigenvalue weighted by molar-refractivity contribution is 5.76. The van der Waals surface area contributed by atoms with Crippen LogP contribution in [0.3, 0.4) is 0 Å². The number of rotatable bonds is 6. The Balaban J connectivity index is 2.48. The van der Waals surface area contributed by atoms with Crippen molar-refractivity contribution < 1.29 is 9.53 Å². The van der Waals surface area contributed by atoms with Crippen LogP contribution in [0.4, 0.5) is 0 Å². The Morgan fingerprint density at radius 3 is 2.61 bits per heavy atom. The van der Waals surface area contributed by atoms with Gasteiger partial charge in [-0.2, -0.15) is 0 Å². The molecule has 0 heterocycles. The number of nitrogens with zero attached hydrogens (tertiary/aromatic N) is 1. The van der Waals surface area contributed by atoms with Gasteiger partial charge in [0.25, 0.3) is 0 Å². The standard InChI is InChI=1S/C14H28N2O2/c1-6-18-12-9-11(14(12,3)4)16(5)13(17)8-7-10(2)15/h10-12H,6-9,15H2,1-5H3. The molecular formula is C14H28N2O2. The van der Waals surface area contributed by atoms with Crippen molar-refractivity contribution in [3.05, 3.63) is 0 Å². The van der Waals surface area contributed by atoms with Crippen molar-refractivity contribution in [2.75, 3.05) is 13.7 Å². The van der Waals surface area contributed by atoms with Gasteiger partial charge in [0.2, 0.25) is 5.91 Å². The lowest BCUT2D eigenvalue weighted by molar-refractivity contribution is -0.163. The van der Waals surface area contributed by atoms with Crippen LogP contribution in [-0.2, 0) is 9.53 Å². The Bertz CT molecular complexity index is 290. The summed E-state index contributed by atoms with van der Waals surface area (Å²) in [4.78, 5) is 14.0. The monoisotopic (exact) mass is 256 g/mol. The number of nitrogens with two attached hydrogens (primary N) is 1. The molecule has 1 rings (SSSR count). The SMILES string of the molecule is CCOC1CC(N(C)C(=O)CCC(C)N)C1(C)C. The summed E-state index contributed by atoms with van der Waals surface area (Å²) in [6.07, 6.45) is 2.52. The first-order valence-corrected chi connectivity index (χ1v) is 6.93. The van der Waals surface area contributed by atoms with Crippen molar-refractivity contribution in [2.45, 2.75) is 65.1 Å². The van der Waals surface area contributed by atoms with E-state index in [1.807, 2.05) is 25.8 Å². The van der Waals surface area contributed by atoms with Crippen LogP contribution in [0.15, 0.2) is 0 Å². The summed E-state index contributed by atoms with van der Waals surface area (Å²) in [5.41, 5.74) is 5.74. The van der Waals surface area contributed by atoms with Gasteiger partial charge in [0.05, 0.1) is 6.10 Å². The second-order valence-electron chi connectivity index (χ2n) is 6.04. The number of ether oxygens (including phenoxy) is 1. The van der Waals surface area contributed by atoms with Gasteiger partial charge in [-0.15, -0.1) is 0 Å². The molecule has 1 aliphatic rings. The molecule has 1 aliphatic carbocycles. The second-order valence-corrected chi connectivity index (χ2v) is 6.04. The minimum Gasteiger partial charge on any atom is -0.378 e. The van der Waals surface area contributed by atoms with Crippen molar-refractivity contribution in [3.8, 4) is 0 Å². The molecule has 3 atom stereocenters. The van der Waals surface area contributed by atoms with E-state index < -0.39 is 0 Å². The molecule has 0 saturated heterocycles. The maximum Gasteiger partial charge on any atom is 0.222 e. The van der Waals surface area contributed by atoms with Crippen LogP contribution in [0.5, 0.6) is 0 Å². The van der Waals surface area contributed by atoms with Gasteiger partial charge >= 0.3 is 0 Å². The number of hydrogen-bond donors (Lipinski definition) is 1. The molecule has 18 heavy (non-hydrogen) atoms. The van der Waals surface area contributed by atoms with E-state index in [9.17, 15) is 4.79 Å². The molecule has 106 valence electrons. The Kier molecular flexibility index (Phi) is 5.17. The Hall–Kier alpha value is -0.610. The minimum atomic E-state index is 0.0503. The summed E-state index contributed by atoms with van der Waals surface area (Å²) in [5, 5.41) is 0. The fourth-order valence-electron chi connectivity index (χ4n) is 2.71. The summed E-state index contributed by atoms with van der Waals surface area (Å²) in [7, 11) is 1.90. The van der Waals surface area contributed by atoms with E-state index in [2.05, 4.69) is 13.8 Å². The Morgan fingerprint density at radius 1 is 1.56 bits per heavy atom. The quantitative estimate of drug-likeness (QED) is 0.788. The highest BCUT2D eigenvalue weighted by Crippen LogP contribution is 2.45. The largest absolute Gasteiger partial charge is 0.378 e. The van der Waals surface area contributed by atoms with Crippen LogP contribution in [0.25, 0.3) is 0 Å². The third-order valence-corrected chi connectivity index (χ3v) is 4.17. The molecular weight excluding hydrogens is 228 g/mol. The summed E-state index contributed by atoms with van der Waals surface area (Å²) >= 11 is 0. The first-order valence-electron chi connectivity index (χ1n) is 6.93. The average molecular weight is 256 g/mol. The van der Waals surface area contributed by atoms with Gasteiger partial charge in [-0.25, -0.2) is 0 Å². The average Bonchev–Trinajstić information content (AvgIpc) is 2.30. The smallest absolute Gasteiger partial charge is 0.222 e. The number of amides is 1. The third-order valence-electron chi connectivity index (χ3n) is 4.17. The number of carbonyl (C=O) groups is 1. The molecule has 0 radical (unpaired) electrons. The van der Waals surface area contributed by atoms with Gasteiger partial charge in [-0.05, 0) is 26.7 Å². The van der Waals surface area contributed by atoms with E-state index in [4.69, 9.17) is 10.5 Å². The zero-order valence-electron chi connectivity index (χ0n) is 12.4. The van der Waals surface area contributed by atoms with Gasteiger partial charge in [0.1, 0.15) is 0 Å².